The average Bonchev–Trinajstić information content (AvgIpc) is 2.17. The van der Waals surface area contributed by atoms with Crippen LogP contribution in [0.3, 0.4) is 0 Å². The van der Waals surface area contributed by atoms with Gasteiger partial charge in [-0.15, -0.1) is 0 Å². The van der Waals surface area contributed by atoms with Crippen molar-refractivity contribution in [2.24, 2.45) is 5.92 Å². The molecule has 0 aromatic heterocycles. The number of alkyl halides is 1. The molecular weight excluding hydrogens is 260 g/mol. The topological polar surface area (TPSA) is 43.4 Å². The van der Waals surface area contributed by atoms with Crippen molar-refractivity contribution in [3.8, 4) is 0 Å². The summed E-state index contributed by atoms with van der Waals surface area (Å²) in [6, 6.07) is 0. The predicted molar refractivity (Wildman–Crippen MR) is 60.7 cm³/mol. The van der Waals surface area contributed by atoms with Crippen molar-refractivity contribution in [1.29, 1.82) is 0 Å². The SMILES string of the molecule is CC(C)(Br)C(=O)OC(=O)C1CCCCC1. The first-order chi connectivity index (χ1) is 6.91. The third kappa shape index (κ3) is 3.93. The van der Waals surface area contributed by atoms with Crippen LogP contribution in [0, 0.1) is 5.92 Å². The van der Waals surface area contributed by atoms with E-state index in [2.05, 4.69) is 15.9 Å². The van der Waals surface area contributed by atoms with Crippen molar-refractivity contribution in [3.63, 3.8) is 0 Å². The van der Waals surface area contributed by atoms with E-state index in [0.717, 1.165) is 25.7 Å². The van der Waals surface area contributed by atoms with Crippen LogP contribution in [0.25, 0.3) is 0 Å². The Bertz CT molecular complexity index is 249. The molecule has 4 heteroatoms. The van der Waals surface area contributed by atoms with Crippen LogP contribution in [0.4, 0.5) is 0 Å². The molecule has 0 amide bonds. The highest BCUT2D eigenvalue weighted by Crippen LogP contribution is 2.26. The van der Waals surface area contributed by atoms with Crippen LogP contribution in [-0.2, 0) is 14.3 Å². The van der Waals surface area contributed by atoms with Crippen LogP contribution in [0.2, 0.25) is 0 Å². The van der Waals surface area contributed by atoms with Gasteiger partial charge in [0.15, 0.2) is 0 Å². The molecule has 3 nitrogen and oxygen atoms in total. The van der Waals surface area contributed by atoms with Crippen molar-refractivity contribution in [2.75, 3.05) is 0 Å². The van der Waals surface area contributed by atoms with Gasteiger partial charge in [0.25, 0.3) is 0 Å². The summed E-state index contributed by atoms with van der Waals surface area (Å²) >= 11 is 3.17. The molecule has 86 valence electrons. The highest BCUT2D eigenvalue weighted by Gasteiger charge is 2.31. The van der Waals surface area contributed by atoms with Gasteiger partial charge in [0.1, 0.15) is 4.32 Å². The summed E-state index contributed by atoms with van der Waals surface area (Å²) in [6.45, 7) is 3.34. The van der Waals surface area contributed by atoms with Gasteiger partial charge in [-0.2, -0.15) is 0 Å². The summed E-state index contributed by atoms with van der Waals surface area (Å²) in [6.07, 6.45) is 5.02. The Balaban J connectivity index is 2.44. The van der Waals surface area contributed by atoms with Gasteiger partial charge >= 0.3 is 11.9 Å². The van der Waals surface area contributed by atoms with E-state index in [9.17, 15) is 9.59 Å². The normalized spacial score (nSPS) is 18.6. The number of hydrogen-bond donors (Lipinski definition) is 0. The third-order valence-electron chi connectivity index (χ3n) is 2.62. The molecule has 0 saturated heterocycles. The van der Waals surface area contributed by atoms with Crippen molar-refractivity contribution in [1.82, 2.24) is 0 Å². The molecule has 1 rings (SSSR count). The maximum Gasteiger partial charge on any atom is 0.329 e. The molecule has 0 radical (unpaired) electrons. The van der Waals surface area contributed by atoms with Gasteiger partial charge in [0, 0.05) is 0 Å². The van der Waals surface area contributed by atoms with Gasteiger partial charge in [-0.05, 0) is 26.7 Å². The smallest absolute Gasteiger partial charge is 0.329 e. The van der Waals surface area contributed by atoms with Crippen LogP contribution >= 0.6 is 15.9 Å². The summed E-state index contributed by atoms with van der Waals surface area (Å²) < 4.78 is 4.05. The largest absolute Gasteiger partial charge is 0.392 e. The summed E-state index contributed by atoms with van der Waals surface area (Å²) in [5.41, 5.74) is 0. The lowest BCUT2D eigenvalue weighted by Crippen LogP contribution is -2.32. The quantitative estimate of drug-likeness (QED) is 0.443. The lowest BCUT2D eigenvalue weighted by molar-refractivity contribution is -0.164. The second-order valence-electron chi connectivity index (χ2n) is 4.52. The van der Waals surface area contributed by atoms with Crippen molar-refractivity contribution >= 4 is 27.9 Å². The Morgan fingerprint density at radius 1 is 1.20 bits per heavy atom. The first-order valence-electron chi connectivity index (χ1n) is 5.36. The molecule has 0 N–H and O–H groups in total. The van der Waals surface area contributed by atoms with Crippen molar-refractivity contribution < 1.29 is 14.3 Å². The molecule has 0 aromatic rings. The minimum Gasteiger partial charge on any atom is -0.392 e. The number of hydrogen-bond acceptors (Lipinski definition) is 3. The van der Waals surface area contributed by atoms with Gasteiger partial charge in [-0.25, -0.2) is 0 Å². The number of esters is 2. The van der Waals surface area contributed by atoms with Crippen LogP contribution in [-0.4, -0.2) is 16.3 Å². The van der Waals surface area contributed by atoms with E-state index in [0.29, 0.717) is 0 Å². The van der Waals surface area contributed by atoms with Gasteiger partial charge in [0.05, 0.1) is 5.92 Å². The molecule has 0 aliphatic heterocycles. The van der Waals surface area contributed by atoms with Gasteiger partial charge in [-0.1, -0.05) is 35.2 Å². The molecule has 15 heavy (non-hydrogen) atoms. The lowest BCUT2D eigenvalue weighted by atomic mass is 9.89. The highest BCUT2D eigenvalue weighted by molar-refractivity contribution is 9.10. The first-order valence-corrected chi connectivity index (χ1v) is 6.15. The maximum absolute atomic E-state index is 11.6. The minimum atomic E-state index is -0.780. The van der Waals surface area contributed by atoms with Gasteiger partial charge in [-0.3, -0.25) is 9.59 Å². The number of carbonyl (C=O) groups excluding carboxylic acids is 2. The summed E-state index contributed by atoms with van der Waals surface area (Å²) in [4.78, 5) is 23.0. The molecule has 0 unspecified atom stereocenters. The molecule has 0 bridgehead atoms. The fraction of sp³-hybridized carbons (Fsp3) is 0.818. The summed E-state index contributed by atoms with van der Waals surface area (Å²) in [5.74, 6) is -0.928. The monoisotopic (exact) mass is 276 g/mol. The molecule has 0 spiro atoms. The Morgan fingerprint density at radius 3 is 2.20 bits per heavy atom. The Morgan fingerprint density at radius 2 is 1.73 bits per heavy atom. The molecule has 0 atom stereocenters. The van der Waals surface area contributed by atoms with Crippen LogP contribution < -0.4 is 0 Å². The second kappa shape index (κ2) is 5.10. The van der Waals surface area contributed by atoms with Crippen LogP contribution in [0.1, 0.15) is 46.0 Å². The predicted octanol–water partition coefficient (Wildman–Crippen LogP) is 2.81. The molecular formula is C11H17BrO3. The van der Waals surface area contributed by atoms with E-state index in [-0.39, 0.29) is 11.9 Å². The van der Waals surface area contributed by atoms with E-state index in [1.807, 2.05) is 0 Å². The fourth-order valence-corrected chi connectivity index (χ4v) is 1.72. The standard InChI is InChI=1S/C11H17BrO3/c1-11(2,12)10(14)15-9(13)8-6-4-3-5-7-8/h8H,3-7H2,1-2H3. The molecule has 0 heterocycles. The number of carbonyl (C=O) groups is 2. The summed E-state index contributed by atoms with van der Waals surface area (Å²) in [7, 11) is 0. The average molecular weight is 277 g/mol. The van der Waals surface area contributed by atoms with E-state index in [4.69, 9.17) is 4.74 Å². The zero-order valence-corrected chi connectivity index (χ0v) is 10.8. The molecule has 1 fully saturated rings. The van der Waals surface area contributed by atoms with Crippen molar-refractivity contribution in [2.45, 2.75) is 50.3 Å². The molecule has 1 aliphatic carbocycles. The summed E-state index contributed by atoms with van der Waals surface area (Å²) in [5, 5.41) is 0. The van der Waals surface area contributed by atoms with Gasteiger partial charge < -0.3 is 4.74 Å². The van der Waals surface area contributed by atoms with E-state index in [1.165, 1.54) is 6.42 Å². The van der Waals surface area contributed by atoms with Gasteiger partial charge in [0.2, 0.25) is 0 Å². The Labute approximate surface area is 98.7 Å². The van der Waals surface area contributed by atoms with E-state index >= 15 is 0 Å². The van der Waals surface area contributed by atoms with Crippen molar-refractivity contribution in [3.05, 3.63) is 0 Å². The van der Waals surface area contributed by atoms with Crippen LogP contribution in [0.15, 0.2) is 0 Å². The molecule has 0 aromatic carbocycles. The molecule has 1 saturated carbocycles. The van der Waals surface area contributed by atoms with E-state index in [1.54, 1.807) is 13.8 Å². The van der Waals surface area contributed by atoms with E-state index < -0.39 is 10.3 Å². The first kappa shape index (κ1) is 12.7. The number of halogens is 1. The number of ether oxygens (including phenoxy) is 1. The highest BCUT2D eigenvalue weighted by atomic mass is 79.9. The Hall–Kier alpha value is -0.380. The zero-order chi connectivity index (χ0) is 11.5. The molecule has 1 aliphatic rings. The number of rotatable bonds is 2. The lowest BCUT2D eigenvalue weighted by Gasteiger charge is -2.21. The Kier molecular flexibility index (Phi) is 4.32. The maximum atomic E-state index is 11.6. The zero-order valence-electron chi connectivity index (χ0n) is 9.22. The minimum absolute atomic E-state index is 0.0717. The second-order valence-corrected chi connectivity index (χ2v) is 6.50. The third-order valence-corrected chi connectivity index (χ3v) is 2.94. The van der Waals surface area contributed by atoms with Crippen LogP contribution in [0.5, 0.6) is 0 Å². The fourth-order valence-electron chi connectivity index (χ4n) is 1.63.